The summed E-state index contributed by atoms with van der Waals surface area (Å²) in [5, 5.41) is 0. The van der Waals surface area contributed by atoms with Gasteiger partial charge < -0.3 is 10.6 Å². The highest BCUT2D eigenvalue weighted by atomic mass is 35.5. The predicted molar refractivity (Wildman–Crippen MR) is 69.7 cm³/mol. The Kier molecular flexibility index (Phi) is 7.00. The molecule has 0 aromatic carbocycles. The van der Waals surface area contributed by atoms with Gasteiger partial charge in [-0.05, 0) is 25.2 Å². The highest BCUT2D eigenvalue weighted by molar-refractivity contribution is 5.85. The van der Waals surface area contributed by atoms with Crippen LogP contribution in [0.25, 0.3) is 0 Å². The van der Waals surface area contributed by atoms with Crippen LogP contribution in [0.15, 0.2) is 0 Å². The summed E-state index contributed by atoms with van der Waals surface area (Å²) < 4.78 is 0. The molecule has 3 nitrogen and oxygen atoms in total. The quantitative estimate of drug-likeness (QED) is 0.829. The summed E-state index contributed by atoms with van der Waals surface area (Å²) in [6.07, 6.45) is 3.98. The van der Waals surface area contributed by atoms with Crippen molar-refractivity contribution >= 4 is 18.3 Å². The Balaban J connectivity index is 0.00000225. The summed E-state index contributed by atoms with van der Waals surface area (Å²) in [4.78, 5) is 14.1. The van der Waals surface area contributed by atoms with E-state index in [1.165, 1.54) is 0 Å². The number of nitrogens with two attached hydrogens (primary N) is 1. The maximum absolute atomic E-state index is 12.1. The first kappa shape index (κ1) is 15.7. The van der Waals surface area contributed by atoms with Gasteiger partial charge in [0, 0.05) is 12.6 Å². The zero-order chi connectivity index (χ0) is 11.4. The van der Waals surface area contributed by atoms with E-state index in [4.69, 9.17) is 5.73 Å². The van der Waals surface area contributed by atoms with E-state index in [2.05, 4.69) is 20.8 Å². The van der Waals surface area contributed by atoms with Gasteiger partial charge in [-0.25, -0.2) is 0 Å². The minimum absolute atomic E-state index is 0. The summed E-state index contributed by atoms with van der Waals surface area (Å²) >= 11 is 0. The molecule has 0 aromatic rings. The molecule has 96 valence electrons. The predicted octanol–water partition coefficient (Wildman–Crippen LogP) is 2.18. The first-order chi connectivity index (χ1) is 7.10. The van der Waals surface area contributed by atoms with E-state index in [9.17, 15) is 4.79 Å². The summed E-state index contributed by atoms with van der Waals surface area (Å²) in [7, 11) is 0. The Morgan fingerprint density at radius 3 is 2.62 bits per heavy atom. The van der Waals surface area contributed by atoms with Gasteiger partial charge in [-0.15, -0.1) is 12.4 Å². The van der Waals surface area contributed by atoms with E-state index in [0.717, 1.165) is 32.2 Å². The Morgan fingerprint density at radius 1 is 1.50 bits per heavy atom. The summed E-state index contributed by atoms with van der Waals surface area (Å²) in [6.45, 7) is 7.32. The lowest BCUT2D eigenvalue weighted by atomic mass is 10.1. The van der Waals surface area contributed by atoms with Gasteiger partial charge in [0.25, 0.3) is 0 Å². The van der Waals surface area contributed by atoms with Crippen LogP contribution in [0, 0.1) is 5.92 Å². The van der Waals surface area contributed by atoms with Crippen LogP contribution in [0.1, 0.15) is 46.5 Å². The summed E-state index contributed by atoms with van der Waals surface area (Å²) in [5.74, 6) is 0.792. The molecule has 1 fully saturated rings. The second-order valence-corrected chi connectivity index (χ2v) is 4.79. The first-order valence-electron chi connectivity index (χ1n) is 6.16. The molecule has 1 heterocycles. The van der Waals surface area contributed by atoms with Gasteiger partial charge in [-0.2, -0.15) is 0 Å². The molecule has 0 radical (unpaired) electrons. The molecule has 1 amide bonds. The van der Waals surface area contributed by atoms with Gasteiger partial charge in [-0.3, -0.25) is 4.79 Å². The molecule has 2 N–H and O–H groups in total. The lowest BCUT2D eigenvalue weighted by molar-refractivity contribution is -0.133. The monoisotopic (exact) mass is 248 g/mol. The molecule has 0 spiro atoms. The first-order valence-corrected chi connectivity index (χ1v) is 6.16. The van der Waals surface area contributed by atoms with Gasteiger partial charge in [-0.1, -0.05) is 27.2 Å². The van der Waals surface area contributed by atoms with Crippen molar-refractivity contribution in [2.24, 2.45) is 11.7 Å². The van der Waals surface area contributed by atoms with Crippen molar-refractivity contribution in [3.8, 4) is 0 Å². The van der Waals surface area contributed by atoms with Crippen molar-refractivity contribution in [2.45, 2.75) is 58.5 Å². The number of likely N-dealkylation sites (tertiary alicyclic amines) is 1. The normalized spacial score (nSPS) is 26.4. The van der Waals surface area contributed by atoms with E-state index >= 15 is 0 Å². The fourth-order valence-electron chi connectivity index (χ4n) is 2.46. The summed E-state index contributed by atoms with van der Waals surface area (Å²) in [6, 6.07) is 0.143. The number of nitrogens with zero attached hydrogens (tertiary/aromatic N) is 1. The molecule has 16 heavy (non-hydrogen) atoms. The lowest BCUT2D eigenvalue weighted by Gasteiger charge is -2.26. The van der Waals surface area contributed by atoms with Gasteiger partial charge in [0.1, 0.15) is 0 Å². The third-order valence-electron chi connectivity index (χ3n) is 3.29. The van der Waals surface area contributed by atoms with Crippen LogP contribution in [0.2, 0.25) is 0 Å². The van der Waals surface area contributed by atoms with Gasteiger partial charge in [0.15, 0.2) is 0 Å². The zero-order valence-corrected chi connectivity index (χ0v) is 11.4. The standard InChI is InChI=1S/C12H24N2O.ClH/c1-4-6-11(13)12(15)14-8-9(3)7-10(14)5-2;/h9-11H,4-8,13H2,1-3H3;1H. The maximum Gasteiger partial charge on any atom is 0.239 e. The molecular weight excluding hydrogens is 224 g/mol. The van der Waals surface area contributed by atoms with E-state index in [-0.39, 0.29) is 24.4 Å². The van der Waals surface area contributed by atoms with Crippen LogP contribution < -0.4 is 5.73 Å². The Hall–Kier alpha value is -0.280. The molecule has 1 rings (SSSR count). The van der Waals surface area contributed by atoms with Crippen LogP contribution in [0.4, 0.5) is 0 Å². The smallest absolute Gasteiger partial charge is 0.239 e. The largest absolute Gasteiger partial charge is 0.338 e. The number of rotatable bonds is 4. The molecule has 0 aliphatic carbocycles. The molecule has 0 aromatic heterocycles. The van der Waals surface area contributed by atoms with Crippen LogP contribution >= 0.6 is 12.4 Å². The number of hydrogen-bond donors (Lipinski definition) is 1. The van der Waals surface area contributed by atoms with Gasteiger partial charge in [0.05, 0.1) is 6.04 Å². The van der Waals surface area contributed by atoms with Crippen LogP contribution in [-0.4, -0.2) is 29.4 Å². The zero-order valence-electron chi connectivity index (χ0n) is 10.6. The van der Waals surface area contributed by atoms with Crippen molar-refractivity contribution in [2.75, 3.05) is 6.54 Å². The second-order valence-electron chi connectivity index (χ2n) is 4.79. The van der Waals surface area contributed by atoms with E-state index in [1.54, 1.807) is 0 Å². The molecule has 4 heteroatoms. The minimum Gasteiger partial charge on any atom is -0.338 e. The van der Waals surface area contributed by atoms with Crippen molar-refractivity contribution in [1.82, 2.24) is 4.90 Å². The van der Waals surface area contributed by atoms with E-state index < -0.39 is 0 Å². The second kappa shape index (κ2) is 7.13. The van der Waals surface area contributed by atoms with E-state index in [1.807, 2.05) is 4.90 Å². The molecule has 0 bridgehead atoms. The fraction of sp³-hybridized carbons (Fsp3) is 0.917. The number of carbonyl (C=O) groups excluding carboxylic acids is 1. The van der Waals surface area contributed by atoms with Crippen LogP contribution in [0.5, 0.6) is 0 Å². The molecule has 1 aliphatic heterocycles. The molecule has 3 unspecified atom stereocenters. The SMILES string of the molecule is CCCC(N)C(=O)N1CC(C)CC1CC.Cl. The van der Waals surface area contributed by atoms with Crippen LogP contribution in [-0.2, 0) is 4.79 Å². The minimum atomic E-state index is -0.283. The Labute approximate surface area is 105 Å². The van der Waals surface area contributed by atoms with Crippen molar-refractivity contribution in [3.63, 3.8) is 0 Å². The lowest BCUT2D eigenvalue weighted by Crippen LogP contribution is -2.45. The number of amides is 1. The van der Waals surface area contributed by atoms with Crippen LogP contribution in [0.3, 0.4) is 0 Å². The number of hydrogen-bond acceptors (Lipinski definition) is 2. The third-order valence-corrected chi connectivity index (χ3v) is 3.29. The van der Waals surface area contributed by atoms with E-state index in [0.29, 0.717) is 12.0 Å². The third kappa shape index (κ3) is 3.63. The van der Waals surface area contributed by atoms with Gasteiger partial charge in [0.2, 0.25) is 5.91 Å². The fourth-order valence-corrected chi connectivity index (χ4v) is 2.46. The maximum atomic E-state index is 12.1. The molecule has 1 aliphatic rings. The average Bonchev–Trinajstić information content (AvgIpc) is 2.58. The summed E-state index contributed by atoms with van der Waals surface area (Å²) in [5.41, 5.74) is 5.88. The van der Waals surface area contributed by atoms with Crippen molar-refractivity contribution in [3.05, 3.63) is 0 Å². The number of carbonyl (C=O) groups is 1. The van der Waals surface area contributed by atoms with Gasteiger partial charge >= 0.3 is 0 Å². The highest BCUT2D eigenvalue weighted by Crippen LogP contribution is 2.25. The Bertz CT molecular complexity index is 223. The average molecular weight is 249 g/mol. The molecular formula is C12H25ClN2O. The van der Waals surface area contributed by atoms with Crippen molar-refractivity contribution < 1.29 is 4.79 Å². The molecule has 1 saturated heterocycles. The molecule has 3 atom stereocenters. The topological polar surface area (TPSA) is 46.3 Å². The molecule has 0 saturated carbocycles. The van der Waals surface area contributed by atoms with Crippen molar-refractivity contribution in [1.29, 1.82) is 0 Å². The number of halogens is 1. The highest BCUT2D eigenvalue weighted by Gasteiger charge is 2.33. The Morgan fingerprint density at radius 2 is 2.12 bits per heavy atom.